The Morgan fingerprint density at radius 2 is 2.11 bits per heavy atom. The van der Waals surface area contributed by atoms with Crippen LogP contribution in [0, 0.1) is 0 Å². The molecule has 1 aliphatic rings. The van der Waals surface area contributed by atoms with Crippen molar-refractivity contribution in [3.05, 3.63) is 0 Å². The fourth-order valence-corrected chi connectivity index (χ4v) is 2.05. The van der Waals surface area contributed by atoms with E-state index in [1.54, 1.807) is 13.8 Å². The molecule has 0 radical (unpaired) electrons. The van der Waals surface area contributed by atoms with E-state index >= 15 is 0 Å². The highest BCUT2D eigenvalue weighted by Gasteiger charge is 2.47. The number of nitrogens with zero attached hydrogens (tertiary/aromatic N) is 1. The van der Waals surface area contributed by atoms with Crippen LogP contribution in [0.5, 0.6) is 0 Å². The first-order valence-corrected chi connectivity index (χ1v) is 6.43. The van der Waals surface area contributed by atoms with Crippen LogP contribution in [0.4, 0.5) is 4.79 Å². The topological polar surface area (TPSA) is 59.0 Å². The lowest BCUT2D eigenvalue weighted by Gasteiger charge is -2.36. The van der Waals surface area contributed by atoms with Gasteiger partial charge >= 0.3 is 6.09 Å². The van der Waals surface area contributed by atoms with Gasteiger partial charge in [0.05, 0.1) is 18.8 Å². The SMILES string of the molecule is CC[C@@H](O)[C@@H]1COC(C)(C)N1C(=O)OC(C)(C)C. The average molecular weight is 259 g/mol. The van der Waals surface area contributed by atoms with Crippen molar-refractivity contribution < 1.29 is 19.4 Å². The van der Waals surface area contributed by atoms with Crippen LogP contribution < -0.4 is 0 Å². The molecule has 0 aromatic rings. The van der Waals surface area contributed by atoms with Crippen LogP contribution in [0.2, 0.25) is 0 Å². The molecule has 0 aliphatic carbocycles. The lowest BCUT2D eigenvalue weighted by atomic mass is 10.1. The molecule has 2 atom stereocenters. The lowest BCUT2D eigenvalue weighted by molar-refractivity contribution is -0.0678. The van der Waals surface area contributed by atoms with Crippen LogP contribution in [0.25, 0.3) is 0 Å². The second kappa shape index (κ2) is 5.05. The van der Waals surface area contributed by atoms with Crippen LogP contribution in [0.1, 0.15) is 48.0 Å². The summed E-state index contributed by atoms with van der Waals surface area (Å²) in [5, 5.41) is 9.98. The summed E-state index contributed by atoms with van der Waals surface area (Å²) < 4.78 is 11.0. The highest BCUT2D eigenvalue weighted by molar-refractivity contribution is 5.69. The molecule has 1 aliphatic heterocycles. The first kappa shape index (κ1) is 15.2. The molecule has 1 amide bonds. The third-order valence-corrected chi connectivity index (χ3v) is 2.97. The van der Waals surface area contributed by atoms with Crippen molar-refractivity contribution >= 4 is 6.09 Å². The number of carbonyl (C=O) groups is 1. The maximum atomic E-state index is 12.2. The van der Waals surface area contributed by atoms with Gasteiger partial charge in [-0.3, -0.25) is 4.90 Å². The lowest BCUT2D eigenvalue weighted by Crippen LogP contribution is -2.53. The van der Waals surface area contributed by atoms with Crippen LogP contribution in [-0.4, -0.2) is 46.2 Å². The molecule has 5 heteroatoms. The zero-order chi connectivity index (χ0) is 14.1. The predicted octanol–water partition coefficient (Wildman–Crippen LogP) is 2.13. The molecule has 1 heterocycles. The molecule has 1 saturated heterocycles. The second-order valence-corrected chi connectivity index (χ2v) is 6.15. The molecule has 0 bridgehead atoms. The molecule has 18 heavy (non-hydrogen) atoms. The molecule has 1 N–H and O–H groups in total. The number of ether oxygens (including phenoxy) is 2. The van der Waals surface area contributed by atoms with E-state index in [4.69, 9.17) is 9.47 Å². The smallest absolute Gasteiger partial charge is 0.412 e. The number of amides is 1. The van der Waals surface area contributed by atoms with Gasteiger partial charge in [0, 0.05) is 0 Å². The number of carbonyl (C=O) groups excluding carboxylic acids is 1. The predicted molar refractivity (Wildman–Crippen MR) is 68.2 cm³/mol. The van der Waals surface area contributed by atoms with Crippen LogP contribution in [-0.2, 0) is 9.47 Å². The Labute approximate surface area is 109 Å². The van der Waals surface area contributed by atoms with Gasteiger partial charge in [-0.1, -0.05) is 6.92 Å². The Morgan fingerprint density at radius 3 is 2.56 bits per heavy atom. The van der Waals surface area contributed by atoms with Gasteiger partial charge in [0.25, 0.3) is 0 Å². The Kier molecular flexibility index (Phi) is 4.28. The van der Waals surface area contributed by atoms with Crippen molar-refractivity contribution in [1.82, 2.24) is 4.90 Å². The Morgan fingerprint density at radius 1 is 1.56 bits per heavy atom. The van der Waals surface area contributed by atoms with Gasteiger partial charge in [0.2, 0.25) is 0 Å². The van der Waals surface area contributed by atoms with E-state index in [1.165, 1.54) is 4.90 Å². The first-order valence-electron chi connectivity index (χ1n) is 6.43. The van der Waals surface area contributed by atoms with E-state index in [2.05, 4.69) is 0 Å². The van der Waals surface area contributed by atoms with Crippen LogP contribution in [0.15, 0.2) is 0 Å². The standard InChI is InChI=1S/C13H25NO4/c1-7-10(15)9-8-17-13(5,6)14(9)11(16)18-12(2,3)4/h9-10,15H,7-8H2,1-6H3/t9-,10+/m0/s1. The summed E-state index contributed by atoms with van der Waals surface area (Å²) in [6, 6.07) is -0.347. The van der Waals surface area contributed by atoms with Crippen LogP contribution >= 0.6 is 0 Å². The molecule has 0 saturated carbocycles. The fourth-order valence-electron chi connectivity index (χ4n) is 2.05. The van der Waals surface area contributed by atoms with E-state index in [9.17, 15) is 9.90 Å². The number of aliphatic hydroxyl groups is 1. The van der Waals surface area contributed by atoms with Gasteiger partial charge < -0.3 is 14.6 Å². The Bertz CT molecular complexity index is 309. The quantitative estimate of drug-likeness (QED) is 0.825. The minimum absolute atomic E-state index is 0.335. The molecule has 1 rings (SSSR count). The van der Waals surface area contributed by atoms with Crippen molar-refractivity contribution in [1.29, 1.82) is 0 Å². The summed E-state index contributed by atoms with van der Waals surface area (Å²) in [7, 11) is 0. The molecule has 106 valence electrons. The van der Waals surface area contributed by atoms with Gasteiger partial charge in [0.15, 0.2) is 0 Å². The maximum Gasteiger partial charge on any atom is 0.412 e. The monoisotopic (exact) mass is 259 g/mol. The van der Waals surface area contributed by atoms with Crippen molar-refractivity contribution in [2.45, 2.75) is 71.4 Å². The number of rotatable bonds is 2. The van der Waals surface area contributed by atoms with E-state index in [-0.39, 0.29) is 6.04 Å². The minimum atomic E-state index is -0.747. The maximum absolute atomic E-state index is 12.2. The molecule has 0 spiro atoms. The van der Waals surface area contributed by atoms with Gasteiger partial charge in [-0.15, -0.1) is 0 Å². The molecular formula is C13H25NO4. The van der Waals surface area contributed by atoms with Gasteiger partial charge in [-0.25, -0.2) is 4.79 Å². The first-order chi connectivity index (χ1) is 8.08. The van der Waals surface area contributed by atoms with E-state index < -0.39 is 23.5 Å². The van der Waals surface area contributed by atoms with Gasteiger partial charge in [-0.2, -0.15) is 0 Å². The zero-order valence-electron chi connectivity index (χ0n) is 12.2. The summed E-state index contributed by atoms with van der Waals surface area (Å²) in [6.45, 7) is 11.3. The summed E-state index contributed by atoms with van der Waals surface area (Å²) in [5.41, 5.74) is -1.30. The largest absolute Gasteiger partial charge is 0.444 e. The van der Waals surface area contributed by atoms with Gasteiger partial charge in [0.1, 0.15) is 11.3 Å². The molecule has 0 aromatic heterocycles. The fraction of sp³-hybridized carbons (Fsp3) is 0.923. The zero-order valence-corrected chi connectivity index (χ0v) is 12.2. The number of hydrogen-bond donors (Lipinski definition) is 1. The minimum Gasteiger partial charge on any atom is -0.444 e. The van der Waals surface area contributed by atoms with Crippen molar-refractivity contribution in [2.24, 2.45) is 0 Å². The molecule has 0 unspecified atom stereocenters. The Hall–Kier alpha value is -0.810. The summed E-state index contributed by atoms with van der Waals surface area (Å²) >= 11 is 0. The number of hydrogen-bond acceptors (Lipinski definition) is 4. The van der Waals surface area contributed by atoms with Gasteiger partial charge in [-0.05, 0) is 41.0 Å². The van der Waals surface area contributed by atoms with E-state index in [0.717, 1.165) is 0 Å². The molecule has 5 nitrogen and oxygen atoms in total. The second-order valence-electron chi connectivity index (χ2n) is 6.15. The van der Waals surface area contributed by atoms with E-state index in [1.807, 2.05) is 27.7 Å². The summed E-state index contributed by atoms with van der Waals surface area (Å²) in [5.74, 6) is 0. The van der Waals surface area contributed by atoms with Crippen molar-refractivity contribution in [3.8, 4) is 0 Å². The summed E-state index contributed by atoms with van der Waals surface area (Å²) in [6.07, 6.45) is -0.467. The van der Waals surface area contributed by atoms with Crippen molar-refractivity contribution in [2.75, 3.05) is 6.61 Å². The molecular weight excluding hydrogens is 234 g/mol. The Balaban J connectivity index is 2.88. The summed E-state index contributed by atoms with van der Waals surface area (Å²) in [4.78, 5) is 13.7. The van der Waals surface area contributed by atoms with Crippen LogP contribution in [0.3, 0.4) is 0 Å². The van der Waals surface area contributed by atoms with Crippen molar-refractivity contribution in [3.63, 3.8) is 0 Å². The highest BCUT2D eigenvalue weighted by atomic mass is 16.6. The average Bonchev–Trinajstić information content (AvgIpc) is 2.50. The number of aliphatic hydroxyl groups excluding tert-OH is 1. The molecule has 0 aromatic carbocycles. The highest BCUT2D eigenvalue weighted by Crippen LogP contribution is 2.31. The third-order valence-electron chi connectivity index (χ3n) is 2.97. The normalized spacial score (nSPS) is 25.1. The molecule has 1 fully saturated rings. The third kappa shape index (κ3) is 3.36. The van der Waals surface area contributed by atoms with E-state index in [0.29, 0.717) is 13.0 Å².